The molecule has 5 nitrogen and oxygen atoms in total. The Hall–Kier alpha value is -0.650. The minimum atomic E-state index is -0.0454. The van der Waals surface area contributed by atoms with Crippen LogP contribution in [0, 0.1) is 0 Å². The molecule has 1 unspecified atom stereocenters. The van der Waals surface area contributed by atoms with E-state index in [0.717, 1.165) is 52.1 Å². The van der Waals surface area contributed by atoms with Gasteiger partial charge in [-0.05, 0) is 27.4 Å². The first-order valence-electron chi connectivity index (χ1n) is 7.86. The molecule has 0 bridgehead atoms. The Balaban J connectivity index is 2.42. The molecule has 118 valence electrons. The van der Waals surface area contributed by atoms with E-state index in [1.54, 1.807) is 0 Å². The lowest BCUT2D eigenvalue weighted by Crippen LogP contribution is -2.53. The molecule has 1 heterocycles. The van der Waals surface area contributed by atoms with E-state index in [4.69, 9.17) is 4.74 Å². The fraction of sp³-hybridized carbons (Fsp3) is 0.933. The van der Waals surface area contributed by atoms with E-state index >= 15 is 0 Å². The fourth-order valence-electron chi connectivity index (χ4n) is 2.60. The number of hydrogen-bond donors (Lipinski definition) is 0. The summed E-state index contributed by atoms with van der Waals surface area (Å²) in [5.41, 5.74) is 0. The highest BCUT2D eigenvalue weighted by Crippen LogP contribution is 2.13. The Bertz CT molecular complexity index is 276. The van der Waals surface area contributed by atoms with Gasteiger partial charge in [0.05, 0.1) is 6.61 Å². The molecular formula is C15H31N3O2. The molecule has 0 aliphatic carbocycles. The van der Waals surface area contributed by atoms with Crippen LogP contribution in [0.25, 0.3) is 0 Å². The summed E-state index contributed by atoms with van der Waals surface area (Å²) in [4.78, 5) is 19.0. The number of likely N-dealkylation sites (N-methyl/N-ethyl adjacent to an activating group) is 1. The summed E-state index contributed by atoms with van der Waals surface area (Å²) in [5, 5.41) is 0. The van der Waals surface area contributed by atoms with Gasteiger partial charge in [0.1, 0.15) is 6.04 Å². The van der Waals surface area contributed by atoms with Crippen molar-refractivity contribution in [1.29, 1.82) is 0 Å². The number of esters is 1. The second-order valence-corrected chi connectivity index (χ2v) is 5.74. The SMILES string of the molecule is CCCC(C(=O)OCC)N1CCN(CCN(C)C)CC1. The normalized spacial score (nSPS) is 19.2. The average molecular weight is 285 g/mol. The Morgan fingerprint density at radius 1 is 1.20 bits per heavy atom. The third-order valence-electron chi connectivity index (χ3n) is 3.83. The molecule has 0 saturated carbocycles. The molecule has 1 rings (SSSR count). The van der Waals surface area contributed by atoms with Crippen LogP contribution in [0.4, 0.5) is 0 Å². The van der Waals surface area contributed by atoms with Gasteiger partial charge in [-0.2, -0.15) is 0 Å². The van der Waals surface area contributed by atoms with Crippen LogP contribution in [0.2, 0.25) is 0 Å². The van der Waals surface area contributed by atoms with Gasteiger partial charge in [0.25, 0.3) is 0 Å². The molecule has 0 aromatic rings. The fourth-order valence-corrected chi connectivity index (χ4v) is 2.60. The highest BCUT2D eigenvalue weighted by atomic mass is 16.5. The van der Waals surface area contributed by atoms with Crippen molar-refractivity contribution in [3.05, 3.63) is 0 Å². The van der Waals surface area contributed by atoms with Crippen LogP contribution in [0.5, 0.6) is 0 Å². The topological polar surface area (TPSA) is 36.0 Å². The van der Waals surface area contributed by atoms with Crippen LogP contribution < -0.4 is 0 Å². The van der Waals surface area contributed by atoms with Crippen molar-refractivity contribution < 1.29 is 9.53 Å². The van der Waals surface area contributed by atoms with E-state index in [9.17, 15) is 4.79 Å². The summed E-state index contributed by atoms with van der Waals surface area (Å²) in [5.74, 6) is -0.0453. The maximum absolute atomic E-state index is 12.0. The van der Waals surface area contributed by atoms with Gasteiger partial charge in [-0.15, -0.1) is 0 Å². The molecule has 0 N–H and O–H groups in total. The Labute approximate surface area is 123 Å². The molecule has 1 aliphatic rings. The van der Waals surface area contributed by atoms with Crippen LogP contribution in [0.3, 0.4) is 0 Å². The monoisotopic (exact) mass is 285 g/mol. The maximum atomic E-state index is 12.0. The zero-order valence-corrected chi connectivity index (χ0v) is 13.6. The number of carbonyl (C=O) groups excluding carboxylic acids is 1. The summed E-state index contributed by atoms with van der Waals surface area (Å²) in [6.07, 6.45) is 1.92. The molecule has 0 amide bonds. The summed E-state index contributed by atoms with van der Waals surface area (Å²) >= 11 is 0. The molecule has 0 aromatic carbocycles. The molecule has 0 spiro atoms. The van der Waals surface area contributed by atoms with Crippen LogP contribution in [0.1, 0.15) is 26.7 Å². The van der Waals surface area contributed by atoms with E-state index in [2.05, 4.69) is 35.7 Å². The highest BCUT2D eigenvalue weighted by molar-refractivity contribution is 5.75. The second-order valence-electron chi connectivity index (χ2n) is 5.74. The summed E-state index contributed by atoms with van der Waals surface area (Å²) in [6.45, 7) is 10.7. The standard InChI is InChI=1S/C15H31N3O2/c1-5-7-14(15(19)20-6-2)18-12-10-17(11-13-18)9-8-16(3)4/h14H,5-13H2,1-4H3. The Morgan fingerprint density at radius 3 is 2.35 bits per heavy atom. The van der Waals surface area contributed by atoms with E-state index < -0.39 is 0 Å². The molecule has 0 radical (unpaired) electrons. The second kappa shape index (κ2) is 9.32. The third-order valence-corrected chi connectivity index (χ3v) is 3.83. The third kappa shape index (κ3) is 5.77. The maximum Gasteiger partial charge on any atom is 0.323 e. The molecular weight excluding hydrogens is 254 g/mol. The molecule has 5 heteroatoms. The minimum Gasteiger partial charge on any atom is -0.465 e. The van der Waals surface area contributed by atoms with Crippen LogP contribution in [-0.2, 0) is 9.53 Å². The molecule has 0 aromatic heterocycles. The van der Waals surface area contributed by atoms with Gasteiger partial charge in [-0.3, -0.25) is 14.6 Å². The van der Waals surface area contributed by atoms with Crippen LogP contribution >= 0.6 is 0 Å². The van der Waals surface area contributed by atoms with Crippen molar-refractivity contribution >= 4 is 5.97 Å². The van der Waals surface area contributed by atoms with Gasteiger partial charge in [0.2, 0.25) is 0 Å². The van der Waals surface area contributed by atoms with Gasteiger partial charge in [-0.25, -0.2) is 0 Å². The van der Waals surface area contributed by atoms with Crippen molar-refractivity contribution in [3.8, 4) is 0 Å². The number of ether oxygens (including phenoxy) is 1. The Morgan fingerprint density at radius 2 is 1.85 bits per heavy atom. The average Bonchev–Trinajstić information content (AvgIpc) is 2.43. The quantitative estimate of drug-likeness (QED) is 0.619. The van der Waals surface area contributed by atoms with E-state index in [1.807, 2.05) is 6.92 Å². The van der Waals surface area contributed by atoms with Gasteiger partial charge >= 0.3 is 5.97 Å². The molecule has 1 fully saturated rings. The van der Waals surface area contributed by atoms with E-state index in [1.165, 1.54) is 0 Å². The molecule has 1 atom stereocenters. The molecule has 1 aliphatic heterocycles. The number of carbonyl (C=O) groups is 1. The lowest BCUT2D eigenvalue weighted by atomic mass is 10.1. The van der Waals surface area contributed by atoms with Gasteiger partial charge in [-0.1, -0.05) is 13.3 Å². The zero-order chi connectivity index (χ0) is 15.0. The van der Waals surface area contributed by atoms with Crippen LogP contribution in [0.15, 0.2) is 0 Å². The van der Waals surface area contributed by atoms with Gasteiger partial charge in [0, 0.05) is 39.3 Å². The number of nitrogens with zero attached hydrogens (tertiary/aromatic N) is 3. The first-order valence-corrected chi connectivity index (χ1v) is 7.86. The van der Waals surface area contributed by atoms with E-state index in [0.29, 0.717) is 6.61 Å². The summed E-state index contributed by atoms with van der Waals surface area (Å²) < 4.78 is 5.21. The van der Waals surface area contributed by atoms with Gasteiger partial charge in [0.15, 0.2) is 0 Å². The number of piperazine rings is 1. The van der Waals surface area contributed by atoms with Crippen molar-refractivity contribution in [2.24, 2.45) is 0 Å². The molecule has 1 saturated heterocycles. The number of hydrogen-bond acceptors (Lipinski definition) is 5. The van der Waals surface area contributed by atoms with Gasteiger partial charge < -0.3 is 9.64 Å². The predicted octanol–water partition coefficient (Wildman–Crippen LogP) is 0.897. The lowest BCUT2D eigenvalue weighted by Gasteiger charge is -2.38. The summed E-state index contributed by atoms with van der Waals surface area (Å²) in [6, 6.07) is -0.0454. The number of rotatable bonds is 8. The first-order chi connectivity index (χ1) is 9.58. The van der Waals surface area contributed by atoms with Crippen LogP contribution in [-0.4, -0.2) is 86.7 Å². The smallest absolute Gasteiger partial charge is 0.323 e. The minimum absolute atomic E-state index is 0.0453. The largest absolute Gasteiger partial charge is 0.465 e. The highest BCUT2D eigenvalue weighted by Gasteiger charge is 2.29. The van der Waals surface area contributed by atoms with Crippen molar-refractivity contribution in [2.45, 2.75) is 32.7 Å². The summed E-state index contributed by atoms with van der Waals surface area (Å²) in [7, 11) is 4.21. The lowest BCUT2D eigenvalue weighted by molar-refractivity contribution is -0.150. The molecule has 20 heavy (non-hydrogen) atoms. The predicted molar refractivity (Wildman–Crippen MR) is 81.9 cm³/mol. The van der Waals surface area contributed by atoms with Crippen molar-refractivity contribution in [3.63, 3.8) is 0 Å². The first kappa shape index (κ1) is 17.4. The van der Waals surface area contributed by atoms with Crippen molar-refractivity contribution in [1.82, 2.24) is 14.7 Å². The van der Waals surface area contributed by atoms with E-state index in [-0.39, 0.29) is 12.0 Å². The van der Waals surface area contributed by atoms with Crippen molar-refractivity contribution in [2.75, 3.05) is 60.0 Å². The Kier molecular flexibility index (Phi) is 8.11. The zero-order valence-electron chi connectivity index (χ0n) is 13.6.